The average molecular weight is 491 g/mol. The molecule has 0 N–H and O–H groups in total. The van der Waals surface area contributed by atoms with Crippen molar-refractivity contribution in [3.8, 4) is 11.8 Å². The van der Waals surface area contributed by atoms with Gasteiger partial charge in [-0.3, -0.25) is 0 Å². The lowest BCUT2D eigenvalue weighted by Crippen LogP contribution is -2.36. The minimum Gasteiger partial charge on any atom is -0.237 e. The molecule has 0 bridgehead atoms. The molecule has 0 aliphatic heterocycles. The average Bonchev–Trinajstić information content (AvgIpc) is 3.44. The van der Waals surface area contributed by atoms with E-state index in [-0.39, 0.29) is 35.6 Å². The first kappa shape index (κ1) is 23.5. The zero-order valence-electron chi connectivity index (χ0n) is 19.8. The van der Waals surface area contributed by atoms with Crippen molar-refractivity contribution in [1.29, 1.82) is 5.26 Å². The molecule has 3 aromatic rings. The number of hydrogen-bond donors (Lipinski definition) is 0. The van der Waals surface area contributed by atoms with Crippen molar-refractivity contribution in [2.75, 3.05) is 13.1 Å². The lowest BCUT2D eigenvalue weighted by Gasteiger charge is -2.30. The molecular weight excluding hydrogens is 463 g/mol. The van der Waals surface area contributed by atoms with Gasteiger partial charge in [-0.15, -0.1) is 0 Å². The molecule has 8 heteroatoms. The van der Waals surface area contributed by atoms with Gasteiger partial charge in [0.1, 0.15) is 12.4 Å². The normalized spacial score (nSPS) is 19.5. The van der Waals surface area contributed by atoms with Gasteiger partial charge < -0.3 is 0 Å². The Kier molecular flexibility index (Phi) is 6.07. The topological polar surface area (TPSA) is 79.0 Å². The van der Waals surface area contributed by atoms with Crippen molar-refractivity contribution in [2.45, 2.75) is 43.9 Å². The van der Waals surface area contributed by atoms with E-state index in [2.05, 4.69) is 18.1 Å². The number of aryl methyl sites for hydroxylation is 1. The highest BCUT2D eigenvalue weighted by molar-refractivity contribution is 7.89. The summed E-state index contributed by atoms with van der Waals surface area (Å²) in [5, 5.41) is 14.0. The van der Waals surface area contributed by atoms with Crippen molar-refractivity contribution in [3.05, 3.63) is 88.5 Å². The molecule has 1 aromatic heterocycles. The molecule has 6 nitrogen and oxygen atoms in total. The van der Waals surface area contributed by atoms with E-state index >= 15 is 0 Å². The molecule has 0 fully saturated rings. The van der Waals surface area contributed by atoms with E-state index < -0.39 is 10.0 Å². The number of nitrogens with zero attached hydrogens (tertiary/aromatic N) is 4. The predicted molar refractivity (Wildman–Crippen MR) is 131 cm³/mol. The summed E-state index contributed by atoms with van der Waals surface area (Å²) in [4.78, 5) is 0.252. The van der Waals surface area contributed by atoms with Crippen molar-refractivity contribution in [1.82, 2.24) is 14.1 Å². The Bertz CT molecular complexity index is 1450. The van der Waals surface area contributed by atoms with Crippen molar-refractivity contribution >= 4 is 10.0 Å². The van der Waals surface area contributed by atoms with Gasteiger partial charge in [0.15, 0.2) is 0 Å². The summed E-state index contributed by atoms with van der Waals surface area (Å²) in [6.45, 7) is 4.02. The number of hydrogen-bond acceptors (Lipinski definition) is 4. The van der Waals surface area contributed by atoms with Crippen LogP contribution in [0.3, 0.4) is 0 Å². The van der Waals surface area contributed by atoms with E-state index in [9.17, 15) is 18.1 Å². The largest absolute Gasteiger partial charge is 0.244 e. The van der Waals surface area contributed by atoms with Crippen LogP contribution in [0, 0.1) is 30.0 Å². The van der Waals surface area contributed by atoms with Crippen LogP contribution in [0.15, 0.2) is 70.8 Å². The Morgan fingerprint density at radius 2 is 1.94 bits per heavy atom. The lowest BCUT2D eigenvalue weighted by atomic mass is 9.80. The Balaban J connectivity index is 1.44. The molecule has 2 aliphatic rings. The van der Waals surface area contributed by atoms with Gasteiger partial charge in [-0.05, 0) is 61.6 Å². The third kappa shape index (κ3) is 4.09. The van der Waals surface area contributed by atoms with Crippen LogP contribution in [0.5, 0.6) is 0 Å². The van der Waals surface area contributed by atoms with Crippen LogP contribution in [-0.4, -0.2) is 35.6 Å². The van der Waals surface area contributed by atoms with Gasteiger partial charge in [-0.2, -0.15) is 14.7 Å². The highest BCUT2D eigenvalue weighted by Gasteiger charge is 2.38. The van der Waals surface area contributed by atoms with Crippen LogP contribution in [-0.2, 0) is 16.4 Å². The second-order valence-corrected chi connectivity index (χ2v) is 11.3. The third-order valence-corrected chi connectivity index (χ3v) is 9.28. The number of aromatic nitrogens is 2. The highest BCUT2D eigenvalue weighted by Crippen LogP contribution is 2.47. The summed E-state index contributed by atoms with van der Waals surface area (Å²) in [6, 6.07) is 15.3. The molecular formula is C27H27FN4O2S. The molecule has 35 heavy (non-hydrogen) atoms. The molecule has 180 valence electrons. The quantitative estimate of drug-likeness (QED) is 0.364. The zero-order valence-corrected chi connectivity index (χ0v) is 20.6. The minimum absolute atomic E-state index is 0.0504. The molecule has 1 heterocycles. The molecule has 2 atom stereocenters. The lowest BCUT2D eigenvalue weighted by molar-refractivity contribution is 0.383. The SMILES string of the molecule is Cc1ccccc1S(=O)(=O)N(CC#N)C[C@H]1CCC2=C1[C@@H](C)c1cnn(-c3ccc(F)cc3)c1C2. The number of fused-ring (bicyclic) bond motifs is 1. The number of benzene rings is 2. The number of halogens is 1. The van der Waals surface area contributed by atoms with Crippen LogP contribution < -0.4 is 0 Å². The second kappa shape index (κ2) is 9.06. The highest BCUT2D eigenvalue weighted by atomic mass is 32.2. The Morgan fingerprint density at radius 3 is 2.66 bits per heavy atom. The van der Waals surface area contributed by atoms with Gasteiger partial charge in [0.05, 0.1) is 28.5 Å². The molecule has 0 saturated carbocycles. The van der Waals surface area contributed by atoms with Crippen molar-refractivity contribution in [2.24, 2.45) is 5.92 Å². The predicted octanol–water partition coefficient (Wildman–Crippen LogP) is 4.90. The van der Waals surface area contributed by atoms with Gasteiger partial charge >= 0.3 is 0 Å². The maximum Gasteiger partial charge on any atom is 0.244 e. The molecule has 2 aromatic carbocycles. The number of sulfonamides is 1. The standard InChI is InChI=1S/C27H27FN4O2S/c1-18-5-3-4-6-26(18)35(33,34)31(14-13-29)17-21-8-7-20-15-25-24(19(2)27(20)21)16-30-32(25)23-11-9-22(28)10-12-23/h3-6,9-12,16,19,21H,7-8,14-15,17H2,1-2H3/t19-,21+/m0/s1. The summed E-state index contributed by atoms with van der Waals surface area (Å²) >= 11 is 0. The number of rotatable bonds is 6. The van der Waals surface area contributed by atoms with E-state index in [1.807, 2.05) is 16.9 Å². The second-order valence-electron chi connectivity index (χ2n) is 9.35. The molecule has 0 saturated heterocycles. The summed E-state index contributed by atoms with van der Waals surface area (Å²) in [6.07, 6.45) is 4.36. The third-order valence-electron chi connectivity index (χ3n) is 7.31. The first-order valence-corrected chi connectivity index (χ1v) is 13.2. The maximum atomic E-state index is 13.5. The van der Waals surface area contributed by atoms with Gasteiger partial charge in [-0.25, -0.2) is 17.5 Å². The monoisotopic (exact) mass is 490 g/mol. The Hall–Kier alpha value is -3.28. The van der Waals surface area contributed by atoms with Gasteiger partial charge in [0, 0.05) is 24.4 Å². The van der Waals surface area contributed by atoms with Crippen LogP contribution in [0.1, 0.15) is 42.5 Å². The summed E-state index contributed by atoms with van der Waals surface area (Å²) in [5.41, 5.74) is 6.32. The maximum absolute atomic E-state index is 13.5. The summed E-state index contributed by atoms with van der Waals surface area (Å²) in [5.74, 6) is -0.135. The van der Waals surface area contributed by atoms with Crippen LogP contribution in [0.25, 0.3) is 5.69 Å². The fraction of sp³-hybridized carbons (Fsp3) is 0.333. The fourth-order valence-electron chi connectivity index (χ4n) is 5.63. The smallest absolute Gasteiger partial charge is 0.237 e. The number of nitriles is 1. The molecule has 0 unspecified atom stereocenters. The Morgan fingerprint density at radius 1 is 1.20 bits per heavy atom. The first-order chi connectivity index (χ1) is 16.8. The van der Waals surface area contributed by atoms with E-state index in [0.29, 0.717) is 5.56 Å². The van der Waals surface area contributed by atoms with E-state index in [1.165, 1.54) is 27.6 Å². The van der Waals surface area contributed by atoms with Gasteiger partial charge in [-0.1, -0.05) is 36.3 Å². The molecule has 2 aliphatic carbocycles. The molecule has 0 radical (unpaired) electrons. The van der Waals surface area contributed by atoms with Crippen molar-refractivity contribution in [3.63, 3.8) is 0 Å². The van der Waals surface area contributed by atoms with Crippen LogP contribution in [0.2, 0.25) is 0 Å². The first-order valence-electron chi connectivity index (χ1n) is 11.8. The number of allylic oxidation sites excluding steroid dienone is 1. The Labute approximate surface area is 205 Å². The summed E-state index contributed by atoms with van der Waals surface area (Å²) < 4.78 is 43.6. The molecule has 0 amide bonds. The zero-order chi connectivity index (χ0) is 24.7. The molecule has 5 rings (SSSR count). The van der Waals surface area contributed by atoms with Crippen molar-refractivity contribution < 1.29 is 12.8 Å². The van der Waals surface area contributed by atoms with Gasteiger partial charge in [0.2, 0.25) is 10.0 Å². The van der Waals surface area contributed by atoms with Crippen LogP contribution in [0.4, 0.5) is 4.39 Å². The molecule has 0 spiro atoms. The van der Waals surface area contributed by atoms with E-state index in [0.717, 1.165) is 36.2 Å². The van der Waals surface area contributed by atoms with Gasteiger partial charge in [0.25, 0.3) is 0 Å². The van der Waals surface area contributed by atoms with E-state index in [4.69, 9.17) is 0 Å². The fourth-order valence-corrected chi connectivity index (χ4v) is 7.24. The van der Waals surface area contributed by atoms with E-state index in [1.54, 1.807) is 37.3 Å². The van der Waals surface area contributed by atoms with Crippen LogP contribution >= 0.6 is 0 Å². The minimum atomic E-state index is -3.79. The summed E-state index contributed by atoms with van der Waals surface area (Å²) in [7, 11) is -3.79.